The second-order valence-electron chi connectivity index (χ2n) is 3.51. The molecule has 1 aromatic heterocycles. The lowest BCUT2D eigenvalue weighted by Crippen LogP contribution is -2.24. The summed E-state index contributed by atoms with van der Waals surface area (Å²) in [4.78, 5) is 23.1. The van der Waals surface area contributed by atoms with E-state index >= 15 is 0 Å². The number of nitrogens with zero attached hydrogens (tertiary/aromatic N) is 1. The molecule has 0 bridgehead atoms. The van der Waals surface area contributed by atoms with Gasteiger partial charge in [-0.3, -0.25) is 4.79 Å². The number of benzene rings is 1. The third-order valence-electron chi connectivity index (χ3n) is 2.44. The summed E-state index contributed by atoms with van der Waals surface area (Å²) >= 11 is 3.03. The summed E-state index contributed by atoms with van der Waals surface area (Å²) in [5, 5.41) is 0.0848. The second kappa shape index (κ2) is 4.71. The monoisotopic (exact) mass is 295 g/mol. The first-order valence-corrected chi connectivity index (χ1v) is 6.14. The third kappa shape index (κ3) is 2.10. The molecule has 1 aromatic carbocycles. The summed E-state index contributed by atoms with van der Waals surface area (Å²) in [7, 11) is 0. The van der Waals surface area contributed by atoms with Gasteiger partial charge in [0.05, 0.1) is 11.0 Å². The Morgan fingerprint density at radius 3 is 2.59 bits per heavy atom. The predicted octanol–water partition coefficient (Wildman–Crippen LogP) is 2.45. The zero-order chi connectivity index (χ0) is 12.4. The summed E-state index contributed by atoms with van der Waals surface area (Å²) in [6, 6.07) is 9.22. The average Bonchev–Trinajstić information content (AvgIpc) is 2.65. The van der Waals surface area contributed by atoms with Crippen LogP contribution < -0.4 is 5.76 Å². The van der Waals surface area contributed by atoms with Gasteiger partial charge in [0.1, 0.15) is 0 Å². The van der Waals surface area contributed by atoms with Crippen molar-refractivity contribution < 1.29 is 9.21 Å². The molecule has 88 valence electrons. The minimum atomic E-state index is -0.647. The van der Waals surface area contributed by atoms with Crippen LogP contribution in [0.5, 0.6) is 0 Å². The van der Waals surface area contributed by atoms with Gasteiger partial charge in [-0.15, -0.1) is 0 Å². The van der Waals surface area contributed by atoms with E-state index in [1.807, 2.05) is 30.3 Å². The molecule has 1 heterocycles. The Morgan fingerprint density at radius 2 is 2.00 bits per heavy atom. The van der Waals surface area contributed by atoms with Crippen molar-refractivity contribution in [1.82, 2.24) is 4.57 Å². The minimum absolute atomic E-state index is 0.0848. The largest absolute Gasteiger partial charge is 0.426 e. The molecule has 0 aliphatic carbocycles. The number of hydrogen-bond donors (Lipinski definition) is 0. The quantitative estimate of drug-likeness (QED) is 0.800. The Labute approximate surface area is 106 Å². The van der Waals surface area contributed by atoms with E-state index in [0.717, 1.165) is 10.1 Å². The van der Waals surface area contributed by atoms with Gasteiger partial charge in [-0.2, -0.15) is 0 Å². The van der Waals surface area contributed by atoms with E-state index in [9.17, 15) is 9.59 Å². The van der Waals surface area contributed by atoms with Crippen molar-refractivity contribution in [3.63, 3.8) is 0 Å². The second-order valence-corrected chi connectivity index (χ2v) is 4.07. The minimum Gasteiger partial charge on any atom is -0.407 e. The van der Waals surface area contributed by atoms with Gasteiger partial charge in [-0.05, 0) is 6.92 Å². The molecule has 0 unspecified atom stereocenters. The Kier molecular flexibility index (Phi) is 3.28. The Hall–Kier alpha value is -1.62. The fraction of sp³-hybridized carbons (Fsp3) is 0.167. The normalized spacial score (nSPS) is 10.5. The van der Waals surface area contributed by atoms with Gasteiger partial charge in [0.15, 0.2) is 5.76 Å². The molecule has 0 fully saturated rings. The molecule has 2 rings (SSSR count). The van der Waals surface area contributed by atoms with Crippen LogP contribution in [0.25, 0.3) is 11.3 Å². The number of carbonyl (C=O) groups excluding carboxylic acids is 1. The van der Waals surface area contributed by atoms with Crippen LogP contribution in [0.2, 0.25) is 0 Å². The van der Waals surface area contributed by atoms with Crippen LogP contribution in [0, 0.1) is 6.92 Å². The molecular weight excluding hydrogens is 286 g/mol. The Bertz CT molecular complexity index is 598. The zero-order valence-electron chi connectivity index (χ0n) is 9.14. The fourth-order valence-corrected chi connectivity index (χ4v) is 1.90. The maximum absolute atomic E-state index is 11.6. The molecule has 0 saturated heterocycles. The molecule has 17 heavy (non-hydrogen) atoms. The van der Waals surface area contributed by atoms with E-state index in [4.69, 9.17) is 4.42 Å². The first kappa shape index (κ1) is 11.9. The van der Waals surface area contributed by atoms with Crippen LogP contribution in [-0.4, -0.2) is 15.8 Å². The molecule has 0 saturated carbocycles. The highest BCUT2D eigenvalue weighted by Gasteiger charge is 2.18. The summed E-state index contributed by atoms with van der Waals surface area (Å²) in [6.07, 6.45) is 0. The number of rotatable bonds is 2. The van der Waals surface area contributed by atoms with E-state index in [2.05, 4.69) is 15.9 Å². The van der Waals surface area contributed by atoms with Crippen LogP contribution in [0.4, 0.5) is 0 Å². The lowest BCUT2D eigenvalue weighted by atomic mass is 10.1. The SMILES string of the molecule is Cc1c(-c2ccccc2)oc(=O)n1C(=O)CBr. The molecule has 0 radical (unpaired) electrons. The summed E-state index contributed by atoms with van der Waals surface area (Å²) in [5.41, 5.74) is 1.30. The Balaban J connectivity index is 2.60. The average molecular weight is 296 g/mol. The van der Waals surface area contributed by atoms with Crippen molar-refractivity contribution in [2.75, 3.05) is 5.33 Å². The van der Waals surface area contributed by atoms with E-state index in [1.54, 1.807) is 6.92 Å². The molecule has 2 aromatic rings. The van der Waals surface area contributed by atoms with Crippen LogP contribution >= 0.6 is 15.9 Å². The van der Waals surface area contributed by atoms with Gasteiger partial charge in [0.2, 0.25) is 5.91 Å². The highest BCUT2D eigenvalue weighted by Crippen LogP contribution is 2.21. The van der Waals surface area contributed by atoms with Crippen molar-refractivity contribution in [2.45, 2.75) is 6.92 Å². The molecule has 0 amide bonds. The molecule has 0 atom stereocenters. The lowest BCUT2D eigenvalue weighted by molar-refractivity contribution is 0.0933. The molecule has 0 N–H and O–H groups in total. The first-order chi connectivity index (χ1) is 8.15. The molecular formula is C12H10BrNO3. The topological polar surface area (TPSA) is 52.2 Å². The highest BCUT2D eigenvalue weighted by molar-refractivity contribution is 9.09. The highest BCUT2D eigenvalue weighted by atomic mass is 79.9. The molecule has 4 nitrogen and oxygen atoms in total. The first-order valence-electron chi connectivity index (χ1n) is 5.02. The molecule has 5 heteroatoms. The maximum Gasteiger partial charge on any atom is 0.426 e. The van der Waals surface area contributed by atoms with Crippen LogP contribution in [-0.2, 0) is 0 Å². The van der Waals surface area contributed by atoms with Gasteiger partial charge in [-0.1, -0.05) is 46.3 Å². The smallest absolute Gasteiger partial charge is 0.407 e. The van der Waals surface area contributed by atoms with Crippen molar-refractivity contribution in [1.29, 1.82) is 0 Å². The number of halogens is 1. The number of oxazole rings is 1. The van der Waals surface area contributed by atoms with Gasteiger partial charge in [0.25, 0.3) is 0 Å². The van der Waals surface area contributed by atoms with Gasteiger partial charge < -0.3 is 4.42 Å². The zero-order valence-corrected chi connectivity index (χ0v) is 10.7. The van der Waals surface area contributed by atoms with Crippen LogP contribution in [0.1, 0.15) is 10.5 Å². The number of hydrogen-bond acceptors (Lipinski definition) is 3. The number of aromatic nitrogens is 1. The van der Waals surface area contributed by atoms with E-state index in [1.165, 1.54) is 0 Å². The van der Waals surface area contributed by atoms with Crippen molar-refractivity contribution in [2.24, 2.45) is 0 Å². The molecule has 0 spiro atoms. The van der Waals surface area contributed by atoms with Crippen molar-refractivity contribution >= 4 is 21.8 Å². The van der Waals surface area contributed by atoms with E-state index < -0.39 is 5.76 Å². The maximum atomic E-state index is 11.6. The van der Waals surface area contributed by atoms with Gasteiger partial charge in [0, 0.05) is 5.56 Å². The number of carbonyl (C=O) groups is 1. The van der Waals surface area contributed by atoms with E-state index in [0.29, 0.717) is 11.5 Å². The third-order valence-corrected chi connectivity index (χ3v) is 2.92. The van der Waals surface area contributed by atoms with E-state index in [-0.39, 0.29) is 11.2 Å². The van der Waals surface area contributed by atoms with Crippen LogP contribution in [0.15, 0.2) is 39.5 Å². The fourth-order valence-electron chi connectivity index (χ4n) is 1.65. The van der Waals surface area contributed by atoms with Gasteiger partial charge >= 0.3 is 5.76 Å². The van der Waals surface area contributed by atoms with Crippen molar-refractivity contribution in [3.8, 4) is 11.3 Å². The molecule has 0 aliphatic heterocycles. The number of alkyl halides is 1. The Morgan fingerprint density at radius 1 is 1.35 bits per heavy atom. The van der Waals surface area contributed by atoms with Crippen LogP contribution in [0.3, 0.4) is 0 Å². The summed E-state index contributed by atoms with van der Waals surface area (Å²) in [6.45, 7) is 1.69. The molecule has 0 aliphatic rings. The predicted molar refractivity (Wildman–Crippen MR) is 67.6 cm³/mol. The standard InChI is InChI=1S/C12H10BrNO3/c1-8-11(9-5-3-2-4-6-9)17-12(16)14(8)10(15)7-13/h2-6H,7H2,1H3. The lowest BCUT2D eigenvalue weighted by Gasteiger charge is -1.99. The summed E-state index contributed by atoms with van der Waals surface area (Å²) in [5.74, 6) is -0.547. The summed E-state index contributed by atoms with van der Waals surface area (Å²) < 4.78 is 6.16. The van der Waals surface area contributed by atoms with Gasteiger partial charge in [-0.25, -0.2) is 9.36 Å². The van der Waals surface area contributed by atoms with Crippen molar-refractivity contribution in [3.05, 3.63) is 46.6 Å².